The van der Waals surface area contributed by atoms with Crippen molar-refractivity contribution in [3.8, 4) is 0 Å². The van der Waals surface area contributed by atoms with Gasteiger partial charge in [-0.2, -0.15) is 0 Å². The van der Waals surface area contributed by atoms with Crippen LogP contribution in [-0.2, 0) is 9.59 Å². The van der Waals surface area contributed by atoms with Gasteiger partial charge in [-0.1, -0.05) is 43.5 Å². The van der Waals surface area contributed by atoms with Crippen molar-refractivity contribution in [1.29, 1.82) is 0 Å². The van der Waals surface area contributed by atoms with Gasteiger partial charge in [0, 0.05) is 5.02 Å². The molecule has 2 unspecified atom stereocenters. The van der Waals surface area contributed by atoms with Crippen molar-refractivity contribution in [3.63, 3.8) is 0 Å². The van der Waals surface area contributed by atoms with Crippen molar-refractivity contribution in [3.05, 3.63) is 28.2 Å². The van der Waals surface area contributed by atoms with Crippen molar-refractivity contribution >= 4 is 40.7 Å². The molecule has 1 aliphatic rings. The smallest absolute Gasteiger partial charge is 0.250 e. The van der Waals surface area contributed by atoms with Crippen LogP contribution in [0.15, 0.2) is 18.2 Å². The van der Waals surface area contributed by atoms with Crippen LogP contribution >= 0.6 is 23.2 Å². The topological polar surface area (TPSA) is 49.4 Å². The SMILES string of the molecule is CCCC1NC(=O)C(CC)N(c2ccc(Cl)cc2Cl)C1=O. The summed E-state index contributed by atoms with van der Waals surface area (Å²) >= 11 is 12.1. The average molecular weight is 329 g/mol. The molecule has 0 aliphatic carbocycles. The second kappa shape index (κ2) is 6.67. The standard InChI is InChI=1S/C15H18Cl2N2O2/c1-3-5-11-15(21)19(12(4-2)14(20)18-11)13-7-6-9(16)8-10(13)17/h6-8,11-12H,3-5H2,1-2H3,(H,18,20). The second-order valence-electron chi connectivity index (χ2n) is 5.08. The quantitative estimate of drug-likeness (QED) is 0.920. The summed E-state index contributed by atoms with van der Waals surface area (Å²) in [5.74, 6) is -0.255. The zero-order valence-corrected chi connectivity index (χ0v) is 13.5. The van der Waals surface area contributed by atoms with E-state index in [1.165, 1.54) is 4.90 Å². The van der Waals surface area contributed by atoms with Gasteiger partial charge in [0.05, 0.1) is 10.7 Å². The Morgan fingerprint density at radius 3 is 2.52 bits per heavy atom. The van der Waals surface area contributed by atoms with Crippen LogP contribution in [-0.4, -0.2) is 23.9 Å². The molecule has 1 N–H and O–H groups in total. The number of nitrogens with zero attached hydrogens (tertiary/aromatic N) is 1. The summed E-state index contributed by atoms with van der Waals surface area (Å²) < 4.78 is 0. The minimum atomic E-state index is -0.538. The Kier molecular flexibility index (Phi) is 5.12. The lowest BCUT2D eigenvalue weighted by Gasteiger charge is -2.39. The molecule has 2 amide bonds. The Morgan fingerprint density at radius 1 is 1.24 bits per heavy atom. The van der Waals surface area contributed by atoms with Gasteiger partial charge >= 0.3 is 0 Å². The molecule has 114 valence electrons. The van der Waals surface area contributed by atoms with E-state index in [4.69, 9.17) is 23.2 Å². The lowest BCUT2D eigenvalue weighted by Crippen LogP contribution is -2.63. The Labute approximate surface area is 134 Å². The van der Waals surface area contributed by atoms with Crippen molar-refractivity contribution in [2.75, 3.05) is 4.90 Å². The summed E-state index contributed by atoms with van der Waals surface area (Å²) in [4.78, 5) is 26.4. The number of benzene rings is 1. The fourth-order valence-electron chi connectivity index (χ4n) is 2.58. The van der Waals surface area contributed by atoms with Crippen LogP contribution in [0.25, 0.3) is 0 Å². The molecule has 4 nitrogen and oxygen atoms in total. The minimum Gasteiger partial charge on any atom is -0.342 e. The van der Waals surface area contributed by atoms with Crippen LogP contribution in [0.3, 0.4) is 0 Å². The first-order valence-electron chi connectivity index (χ1n) is 7.08. The van der Waals surface area contributed by atoms with E-state index in [9.17, 15) is 9.59 Å². The van der Waals surface area contributed by atoms with Crippen LogP contribution in [0.1, 0.15) is 33.1 Å². The number of piperazine rings is 1. The molecule has 6 heteroatoms. The molecule has 1 aliphatic heterocycles. The van der Waals surface area contributed by atoms with E-state index < -0.39 is 12.1 Å². The molecule has 0 radical (unpaired) electrons. The number of carbonyl (C=O) groups excluding carboxylic acids is 2. The number of nitrogens with one attached hydrogen (secondary N) is 1. The number of hydrogen-bond donors (Lipinski definition) is 1. The maximum absolute atomic E-state index is 12.7. The molecule has 0 spiro atoms. The van der Waals surface area contributed by atoms with Gasteiger partial charge in [-0.05, 0) is 31.0 Å². The Bertz CT molecular complexity index is 563. The largest absolute Gasteiger partial charge is 0.342 e. The Balaban J connectivity index is 2.44. The molecule has 0 saturated carbocycles. The highest BCUT2D eigenvalue weighted by molar-refractivity contribution is 6.37. The Morgan fingerprint density at radius 2 is 1.95 bits per heavy atom. The number of anilines is 1. The monoisotopic (exact) mass is 328 g/mol. The van der Waals surface area contributed by atoms with Crippen LogP contribution in [0, 0.1) is 0 Å². The summed E-state index contributed by atoms with van der Waals surface area (Å²) in [5.41, 5.74) is 0.536. The lowest BCUT2D eigenvalue weighted by atomic mass is 10.0. The first-order valence-corrected chi connectivity index (χ1v) is 7.83. The van der Waals surface area contributed by atoms with Crippen molar-refractivity contribution < 1.29 is 9.59 Å². The maximum Gasteiger partial charge on any atom is 0.250 e. The van der Waals surface area contributed by atoms with E-state index in [0.29, 0.717) is 28.6 Å². The highest BCUT2D eigenvalue weighted by atomic mass is 35.5. The zero-order valence-electron chi connectivity index (χ0n) is 12.0. The lowest BCUT2D eigenvalue weighted by molar-refractivity contribution is -0.134. The van der Waals surface area contributed by atoms with Gasteiger partial charge in [-0.3, -0.25) is 14.5 Å². The third-order valence-corrected chi connectivity index (χ3v) is 4.14. The van der Waals surface area contributed by atoms with Crippen molar-refractivity contribution in [1.82, 2.24) is 5.32 Å². The molecular weight excluding hydrogens is 311 g/mol. The predicted molar refractivity (Wildman–Crippen MR) is 84.9 cm³/mol. The van der Waals surface area contributed by atoms with E-state index in [1.54, 1.807) is 18.2 Å². The third kappa shape index (κ3) is 3.16. The van der Waals surface area contributed by atoms with E-state index in [1.807, 2.05) is 13.8 Å². The molecule has 21 heavy (non-hydrogen) atoms. The molecule has 1 aromatic carbocycles. The van der Waals surface area contributed by atoms with Crippen molar-refractivity contribution in [2.24, 2.45) is 0 Å². The third-order valence-electron chi connectivity index (χ3n) is 3.60. The van der Waals surface area contributed by atoms with Gasteiger partial charge < -0.3 is 5.32 Å². The first kappa shape index (κ1) is 16.1. The number of halogens is 2. The molecule has 1 fully saturated rings. The summed E-state index contributed by atoms with van der Waals surface area (Å²) in [6, 6.07) is 3.91. The molecular formula is C15H18Cl2N2O2. The molecule has 1 saturated heterocycles. The second-order valence-corrected chi connectivity index (χ2v) is 5.92. The van der Waals surface area contributed by atoms with Gasteiger partial charge in [0.25, 0.3) is 0 Å². The summed E-state index contributed by atoms with van der Waals surface area (Å²) in [5, 5.41) is 3.67. The molecule has 0 bridgehead atoms. The van der Waals surface area contributed by atoms with Crippen LogP contribution < -0.4 is 10.2 Å². The summed E-state index contributed by atoms with van der Waals surface area (Å²) in [6.07, 6.45) is 1.95. The van der Waals surface area contributed by atoms with Crippen LogP contribution in [0.2, 0.25) is 10.0 Å². The number of rotatable bonds is 4. The number of amides is 2. The maximum atomic E-state index is 12.7. The fourth-order valence-corrected chi connectivity index (χ4v) is 3.08. The summed E-state index contributed by atoms with van der Waals surface area (Å²) in [6.45, 7) is 3.85. The molecule has 2 rings (SSSR count). The van der Waals surface area contributed by atoms with E-state index >= 15 is 0 Å². The summed E-state index contributed by atoms with van der Waals surface area (Å²) in [7, 11) is 0. The number of hydrogen-bond acceptors (Lipinski definition) is 2. The van der Waals surface area contributed by atoms with Gasteiger partial charge in [-0.15, -0.1) is 0 Å². The van der Waals surface area contributed by atoms with Crippen LogP contribution in [0.5, 0.6) is 0 Å². The van der Waals surface area contributed by atoms with E-state index in [2.05, 4.69) is 5.32 Å². The predicted octanol–water partition coefficient (Wildman–Crippen LogP) is 3.40. The van der Waals surface area contributed by atoms with Crippen LogP contribution in [0.4, 0.5) is 5.69 Å². The van der Waals surface area contributed by atoms with Crippen molar-refractivity contribution in [2.45, 2.75) is 45.2 Å². The van der Waals surface area contributed by atoms with E-state index in [0.717, 1.165) is 6.42 Å². The molecule has 2 atom stereocenters. The molecule has 1 aromatic rings. The average Bonchev–Trinajstić information content (AvgIpc) is 2.43. The van der Waals surface area contributed by atoms with Gasteiger partial charge in [-0.25, -0.2) is 0 Å². The number of carbonyl (C=O) groups is 2. The highest BCUT2D eigenvalue weighted by Crippen LogP contribution is 2.32. The normalized spacial score (nSPS) is 22.4. The minimum absolute atomic E-state index is 0.118. The van der Waals surface area contributed by atoms with Gasteiger partial charge in [0.15, 0.2) is 0 Å². The fraction of sp³-hybridized carbons (Fsp3) is 0.467. The zero-order chi connectivity index (χ0) is 15.6. The Hall–Kier alpha value is -1.26. The molecule has 1 heterocycles. The highest BCUT2D eigenvalue weighted by Gasteiger charge is 2.40. The van der Waals surface area contributed by atoms with E-state index in [-0.39, 0.29) is 11.8 Å². The van der Waals surface area contributed by atoms with Gasteiger partial charge in [0.2, 0.25) is 11.8 Å². The molecule has 0 aromatic heterocycles. The first-order chi connectivity index (χ1) is 9.99. The van der Waals surface area contributed by atoms with Gasteiger partial charge in [0.1, 0.15) is 12.1 Å².